The van der Waals surface area contributed by atoms with Gasteiger partial charge in [-0.15, -0.1) is 13.2 Å². The molecule has 2 N–H and O–H groups in total. The lowest BCUT2D eigenvalue weighted by atomic mass is 10.2. The predicted molar refractivity (Wildman–Crippen MR) is 52.5 cm³/mol. The average molecular weight is 244 g/mol. The van der Waals surface area contributed by atoms with Crippen LogP contribution in [0.5, 0.6) is 5.75 Å². The standard InChI is InChI=1S/C9H7F3N4O/c10-9(11,12)17-8-2-1-6(13)3-7(8)16-5-14-4-15-16/h1-5H,13H2. The quantitative estimate of drug-likeness (QED) is 0.817. The van der Waals surface area contributed by atoms with E-state index in [2.05, 4.69) is 14.8 Å². The molecule has 5 nitrogen and oxygen atoms in total. The third-order valence-corrected chi connectivity index (χ3v) is 1.87. The van der Waals surface area contributed by atoms with Gasteiger partial charge in [-0.2, -0.15) is 5.10 Å². The Morgan fingerprint density at radius 1 is 1.29 bits per heavy atom. The van der Waals surface area contributed by atoms with Crippen LogP contribution in [0.25, 0.3) is 5.69 Å². The molecule has 1 aromatic carbocycles. The second-order valence-electron chi connectivity index (χ2n) is 3.12. The average Bonchev–Trinajstić information content (AvgIpc) is 2.71. The van der Waals surface area contributed by atoms with Crippen LogP contribution in [0.1, 0.15) is 0 Å². The SMILES string of the molecule is Nc1ccc(OC(F)(F)F)c(-n2cncn2)c1. The van der Waals surface area contributed by atoms with E-state index >= 15 is 0 Å². The highest BCUT2D eigenvalue weighted by atomic mass is 19.4. The number of anilines is 1. The first-order chi connectivity index (χ1) is 7.96. The second-order valence-corrected chi connectivity index (χ2v) is 3.12. The normalized spacial score (nSPS) is 11.5. The zero-order chi connectivity index (χ0) is 12.5. The highest BCUT2D eigenvalue weighted by Gasteiger charge is 2.32. The fourth-order valence-electron chi connectivity index (χ4n) is 1.26. The maximum Gasteiger partial charge on any atom is 0.573 e. The van der Waals surface area contributed by atoms with Gasteiger partial charge in [0.05, 0.1) is 0 Å². The number of ether oxygens (including phenoxy) is 1. The molecule has 0 saturated carbocycles. The molecular formula is C9H7F3N4O. The zero-order valence-electron chi connectivity index (χ0n) is 8.35. The van der Waals surface area contributed by atoms with Crippen LogP contribution in [0.15, 0.2) is 30.9 Å². The molecule has 1 aromatic heterocycles. The summed E-state index contributed by atoms with van der Waals surface area (Å²) < 4.78 is 41.5. The summed E-state index contributed by atoms with van der Waals surface area (Å²) in [5.41, 5.74) is 5.86. The van der Waals surface area contributed by atoms with E-state index in [1.807, 2.05) is 0 Å². The van der Waals surface area contributed by atoms with E-state index in [-0.39, 0.29) is 5.69 Å². The predicted octanol–water partition coefficient (Wildman–Crippen LogP) is 1.75. The van der Waals surface area contributed by atoms with Crippen molar-refractivity contribution in [2.24, 2.45) is 0 Å². The molecule has 17 heavy (non-hydrogen) atoms. The van der Waals surface area contributed by atoms with Gasteiger partial charge >= 0.3 is 6.36 Å². The van der Waals surface area contributed by atoms with Crippen molar-refractivity contribution in [2.45, 2.75) is 6.36 Å². The number of rotatable bonds is 2. The number of alkyl halides is 3. The third-order valence-electron chi connectivity index (χ3n) is 1.87. The topological polar surface area (TPSA) is 66.0 Å². The minimum atomic E-state index is -4.77. The summed E-state index contributed by atoms with van der Waals surface area (Å²) >= 11 is 0. The van der Waals surface area contributed by atoms with E-state index in [0.29, 0.717) is 5.69 Å². The van der Waals surface area contributed by atoms with Crippen LogP contribution < -0.4 is 10.5 Å². The van der Waals surface area contributed by atoms with Crippen LogP contribution in [0.4, 0.5) is 18.9 Å². The van der Waals surface area contributed by atoms with Gasteiger partial charge < -0.3 is 10.5 Å². The van der Waals surface area contributed by atoms with Crippen molar-refractivity contribution < 1.29 is 17.9 Å². The van der Waals surface area contributed by atoms with Crippen molar-refractivity contribution in [1.29, 1.82) is 0 Å². The number of hydrogen-bond donors (Lipinski definition) is 1. The van der Waals surface area contributed by atoms with Crippen LogP contribution in [-0.2, 0) is 0 Å². The molecule has 0 atom stereocenters. The number of nitrogens with two attached hydrogens (primary N) is 1. The molecule has 0 saturated heterocycles. The lowest BCUT2D eigenvalue weighted by Gasteiger charge is -2.13. The summed E-state index contributed by atoms with van der Waals surface area (Å²) in [5.74, 6) is -0.391. The summed E-state index contributed by atoms with van der Waals surface area (Å²) in [6, 6.07) is 3.75. The van der Waals surface area contributed by atoms with E-state index in [9.17, 15) is 13.2 Å². The van der Waals surface area contributed by atoms with Crippen molar-refractivity contribution in [2.75, 3.05) is 5.73 Å². The molecule has 2 aromatic rings. The van der Waals surface area contributed by atoms with Crippen LogP contribution in [0.2, 0.25) is 0 Å². The molecule has 0 aliphatic rings. The zero-order valence-corrected chi connectivity index (χ0v) is 8.35. The van der Waals surface area contributed by atoms with Gasteiger partial charge in [0.15, 0.2) is 5.75 Å². The molecule has 2 rings (SSSR count). The molecule has 0 radical (unpaired) electrons. The van der Waals surface area contributed by atoms with E-state index in [1.165, 1.54) is 24.8 Å². The molecule has 0 unspecified atom stereocenters. The minimum Gasteiger partial charge on any atom is -0.403 e. The van der Waals surface area contributed by atoms with Gasteiger partial charge in [0.25, 0.3) is 0 Å². The molecule has 0 amide bonds. The molecule has 1 heterocycles. The smallest absolute Gasteiger partial charge is 0.403 e. The van der Waals surface area contributed by atoms with Crippen LogP contribution in [0.3, 0.4) is 0 Å². The first-order valence-corrected chi connectivity index (χ1v) is 4.46. The van der Waals surface area contributed by atoms with Crippen LogP contribution in [-0.4, -0.2) is 21.1 Å². The Hall–Kier alpha value is -2.25. The first kappa shape index (κ1) is 11.2. The highest BCUT2D eigenvalue weighted by Crippen LogP contribution is 2.29. The molecule has 0 bridgehead atoms. The summed E-state index contributed by atoms with van der Waals surface area (Å²) in [5, 5.41) is 3.72. The van der Waals surface area contributed by atoms with Crippen molar-refractivity contribution in [3.05, 3.63) is 30.9 Å². The number of benzene rings is 1. The molecule has 0 fully saturated rings. The second kappa shape index (κ2) is 3.96. The maximum absolute atomic E-state index is 12.2. The molecule has 0 aliphatic carbocycles. The summed E-state index contributed by atoms with van der Waals surface area (Å²) in [4.78, 5) is 3.64. The Balaban J connectivity index is 2.45. The van der Waals surface area contributed by atoms with Crippen LogP contribution >= 0.6 is 0 Å². The van der Waals surface area contributed by atoms with Crippen LogP contribution in [0, 0.1) is 0 Å². The third kappa shape index (κ3) is 2.65. The van der Waals surface area contributed by atoms with E-state index in [4.69, 9.17) is 5.73 Å². The molecule has 0 spiro atoms. The Morgan fingerprint density at radius 2 is 2.06 bits per heavy atom. The summed E-state index contributed by atoms with van der Waals surface area (Å²) in [6.45, 7) is 0. The Morgan fingerprint density at radius 3 is 2.65 bits per heavy atom. The number of halogens is 3. The molecule has 8 heteroatoms. The minimum absolute atomic E-state index is 0.0693. The number of nitrogen functional groups attached to an aromatic ring is 1. The van der Waals surface area contributed by atoms with Gasteiger partial charge in [0.1, 0.15) is 18.3 Å². The Labute approximate surface area is 93.6 Å². The van der Waals surface area contributed by atoms with Gasteiger partial charge in [-0.25, -0.2) is 9.67 Å². The van der Waals surface area contributed by atoms with Crippen molar-refractivity contribution in [3.8, 4) is 11.4 Å². The highest BCUT2D eigenvalue weighted by molar-refractivity contribution is 5.55. The first-order valence-electron chi connectivity index (χ1n) is 4.46. The summed E-state index contributed by atoms with van der Waals surface area (Å²) in [7, 11) is 0. The van der Waals surface area contributed by atoms with Crippen molar-refractivity contribution in [1.82, 2.24) is 14.8 Å². The monoisotopic (exact) mass is 244 g/mol. The Kier molecular flexibility index (Phi) is 2.62. The fraction of sp³-hybridized carbons (Fsp3) is 0.111. The van der Waals surface area contributed by atoms with Gasteiger partial charge in [-0.05, 0) is 18.2 Å². The van der Waals surface area contributed by atoms with E-state index < -0.39 is 12.1 Å². The lowest BCUT2D eigenvalue weighted by molar-refractivity contribution is -0.274. The molecular weight excluding hydrogens is 237 g/mol. The largest absolute Gasteiger partial charge is 0.573 e. The number of aromatic nitrogens is 3. The van der Waals surface area contributed by atoms with E-state index in [0.717, 1.165) is 10.7 Å². The summed E-state index contributed by atoms with van der Waals surface area (Å²) in [6.07, 6.45) is -2.33. The fourth-order valence-corrected chi connectivity index (χ4v) is 1.26. The number of hydrogen-bond acceptors (Lipinski definition) is 4. The van der Waals surface area contributed by atoms with Crippen molar-refractivity contribution >= 4 is 5.69 Å². The lowest BCUT2D eigenvalue weighted by Crippen LogP contribution is -2.18. The van der Waals surface area contributed by atoms with Gasteiger partial charge in [0.2, 0.25) is 0 Å². The molecule has 90 valence electrons. The van der Waals surface area contributed by atoms with Gasteiger partial charge in [0, 0.05) is 5.69 Å². The van der Waals surface area contributed by atoms with Gasteiger partial charge in [-0.1, -0.05) is 0 Å². The maximum atomic E-state index is 12.2. The van der Waals surface area contributed by atoms with E-state index in [1.54, 1.807) is 0 Å². The van der Waals surface area contributed by atoms with Crippen molar-refractivity contribution in [3.63, 3.8) is 0 Å². The number of nitrogens with zero attached hydrogens (tertiary/aromatic N) is 3. The Bertz CT molecular complexity index is 509. The molecule has 0 aliphatic heterocycles. The van der Waals surface area contributed by atoms with Gasteiger partial charge in [-0.3, -0.25) is 0 Å².